The van der Waals surface area contributed by atoms with E-state index in [1.807, 2.05) is 0 Å². The van der Waals surface area contributed by atoms with Crippen LogP contribution in [0.5, 0.6) is 0 Å². The van der Waals surface area contributed by atoms with E-state index in [1.54, 1.807) is 0 Å². The van der Waals surface area contributed by atoms with Crippen molar-refractivity contribution in [3.8, 4) is 0 Å². The molecule has 1 aromatic rings. The van der Waals surface area contributed by atoms with Crippen molar-refractivity contribution in [1.29, 1.82) is 0 Å². The molecule has 0 aromatic heterocycles. The largest absolute Gasteiger partial charge is 0.396 e. The van der Waals surface area contributed by atoms with Crippen LogP contribution in [0.2, 0.25) is 0 Å². The van der Waals surface area contributed by atoms with E-state index < -0.39 is 0 Å². The Kier molecular flexibility index (Phi) is 6.67. The summed E-state index contributed by atoms with van der Waals surface area (Å²) in [5, 5.41) is 19.2. The lowest BCUT2D eigenvalue weighted by atomic mass is 9.72. The Morgan fingerprint density at radius 2 is 1.83 bits per heavy atom. The van der Waals surface area contributed by atoms with Crippen LogP contribution in [0.1, 0.15) is 82.8 Å². The average Bonchev–Trinajstić information content (AvgIpc) is 2.54. The third-order valence-electron chi connectivity index (χ3n) is 5.69. The van der Waals surface area contributed by atoms with Crippen LogP contribution in [0.15, 0.2) is 24.3 Å². The second kappa shape index (κ2) is 8.30. The molecule has 0 spiro atoms. The highest BCUT2D eigenvalue weighted by Crippen LogP contribution is 2.41. The van der Waals surface area contributed by atoms with Gasteiger partial charge < -0.3 is 10.2 Å². The van der Waals surface area contributed by atoms with Gasteiger partial charge in [0.15, 0.2) is 0 Å². The second-order valence-corrected chi connectivity index (χ2v) is 7.96. The lowest BCUT2D eigenvalue weighted by molar-refractivity contribution is 0.0885. The van der Waals surface area contributed by atoms with E-state index in [-0.39, 0.29) is 18.1 Å². The monoisotopic (exact) mass is 318 g/mol. The number of rotatable bonds is 7. The predicted octanol–water partition coefficient (Wildman–Crippen LogP) is 4.78. The highest BCUT2D eigenvalue weighted by molar-refractivity contribution is 5.30. The Morgan fingerprint density at radius 1 is 1.13 bits per heavy atom. The van der Waals surface area contributed by atoms with Crippen molar-refractivity contribution >= 4 is 0 Å². The molecule has 0 bridgehead atoms. The van der Waals surface area contributed by atoms with Crippen molar-refractivity contribution in [3.63, 3.8) is 0 Å². The first-order valence-electron chi connectivity index (χ1n) is 9.37. The van der Waals surface area contributed by atoms with E-state index in [2.05, 4.69) is 45.0 Å². The Hall–Kier alpha value is -0.860. The average molecular weight is 319 g/mol. The maximum absolute atomic E-state index is 10.1. The van der Waals surface area contributed by atoms with Gasteiger partial charge in [-0.05, 0) is 66.9 Å². The molecule has 0 amide bonds. The van der Waals surface area contributed by atoms with Crippen LogP contribution in [0.25, 0.3) is 0 Å². The zero-order chi connectivity index (χ0) is 16.9. The molecule has 1 aliphatic carbocycles. The fourth-order valence-electron chi connectivity index (χ4n) is 4.27. The zero-order valence-corrected chi connectivity index (χ0v) is 15.1. The van der Waals surface area contributed by atoms with Gasteiger partial charge in [-0.3, -0.25) is 0 Å². The van der Waals surface area contributed by atoms with Crippen LogP contribution in [0.3, 0.4) is 0 Å². The molecule has 0 heterocycles. The number of hydrogen-bond acceptors (Lipinski definition) is 2. The predicted molar refractivity (Wildman–Crippen MR) is 96.8 cm³/mol. The van der Waals surface area contributed by atoms with Crippen LogP contribution in [-0.2, 0) is 5.41 Å². The summed E-state index contributed by atoms with van der Waals surface area (Å²) >= 11 is 0. The van der Waals surface area contributed by atoms with Gasteiger partial charge in [-0.25, -0.2) is 0 Å². The molecule has 130 valence electrons. The summed E-state index contributed by atoms with van der Waals surface area (Å²) < 4.78 is 0. The molecular weight excluding hydrogens is 284 g/mol. The van der Waals surface area contributed by atoms with Gasteiger partial charge in [0.25, 0.3) is 0 Å². The van der Waals surface area contributed by atoms with E-state index in [0.29, 0.717) is 11.8 Å². The molecule has 2 nitrogen and oxygen atoms in total. The summed E-state index contributed by atoms with van der Waals surface area (Å²) in [5.74, 6) is 1.04. The van der Waals surface area contributed by atoms with Crippen molar-refractivity contribution in [2.24, 2.45) is 5.92 Å². The molecule has 2 heteroatoms. The molecule has 1 aliphatic rings. The van der Waals surface area contributed by atoms with Gasteiger partial charge in [-0.2, -0.15) is 0 Å². The highest BCUT2D eigenvalue weighted by atomic mass is 16.3. The van der Waals surface area contributed by atoms with Crippen LogP contribution >= 0.6 is 0 Å². The minimum absolute atomic E-state index is 0.165. The molecule has 23 heavy (non-hydrogen) atoms. The van der Waals surface area contributed by atoms with Crippen molar-refractivity contribution < 1.29 is 10.2 Å². The van der Waals surface area contributed by atoms with E-state index in [1.165, 1.54) is 24.0 Å². The molecule has 2 N–H and O–H groups in total. The zero-order valence-electron chi connectivity index (χ0n) is 15.1. The summed E-state index contributed by atoms with van der Waals surface area (Å²) in [7, 11) is 0. The third-order valence-corrected chi connectivity index (χ3v) is 5.69. The van der Waals surface area contributed by atoms with Crippen molar-refractivity contribution in [3.05, 3.63) is 35.4 Å². The van der Waals surface area contributed by atoms with Gasteiger partial charge in [0.1, 0.15) is 0 Å². The van der Waals surface area contributed by atoms with E-state index in [4.69, 9.17) is 5.11 Å². The van der Waals surface area contributed by atoms with Gasteiger partial charge >= 0.3 is 0 Å². The molecule has 0 aliphatic heterocycles. The third kappa shape index (κ3) is 4.81. The Labute approximate surface area is 141 Å². The highest BCUT2D eigenvalue weighted by Gasteiger charge is 2.30. The molecule has 0 radical (unpaired) electrons. The summed E-state index contributed by atoms with van der Waals surface area (Å²) in [6, 6.07) is 9.13. The van der Waals surface area contributed by atoms with Gasteiger partial charge in [0.05, 0.1) is 6.10 Å². The molecule has 1 saturated carbocycles. The van der Waals surface area contributed by atoms with Gasteiger partial charge in [-0.1, -0.05) is 51.5 Å². The van der Waals surface area contributed by atoms with Crippen molar-refractivity contribution in [1.82, 2.24) is 0 Å². The van der Waals surface area contributed by atoms with Crippen LogP contribution < -0.4 is 0 Å². The summed E-state index contributed by atoms with van der Waals surface area (Å²) in [5.41, 5.74) is 3.00. The van der Waals surface area contributed by atoms with E-state index in [0.717, 1.165) is 32.1 Å². The summed E-state index contributed by atoms with van der Waals surface area (Å²) in [4.78, 5) is 0. The second-order valence-electron chi connectivity index (χ2n) is 7.96. The maximum Gasteiger partial charge on any atom is 0.0546 e. The molecule has 1 aromatic carbocycles. The lowest BCUT2D eigenvalue weighted by Crippen LogP contribution is -2.26. The van der Waals surface area contributed by atoms with Crippen molar-refractivity contribution in [2.75, 3.05) is 6.61 Å². The first-order valence-corrected chi connectivity index (χ1v) is 9.37. The Balaban J connectivity index is 2.14. The van der Waals surface area contributed by atoms with Gasteiger partial charge in [0.2, 0.25) is 0 Å². The SMILES string of the molecule is CCCC(C)(C)c1ccc([C@@H]2C[C@H](O)CC[C@H]2CCCO)cc1. The van der Waals surface area contributed by atoms with E-state index >= 15 is 0 Å². The molecule has 0 saturated heterocycles. The lowest BCUT2D eigenvalue weighted by Gasteiger charge is -2.35. The normalized spacial score (nSPS) is 25.5. The fourth-order valence-corrected chi connectivity index (χ4v) is 4.27. The quantitative estimate of drug-likeness (QED) is 0.759. The molecule has 0 unspecified atom stereocenters. The first kappa shape index (κ1) is 18.5. The molecule has 3 atom stereocenters. The Bertz CT molecular complexity index is 461. The van der Waals surface area contributed by atoms with Crippen LogP contribution in [0, 0.1) is 5.92 Å². The smallest absolute Gasteiger partial charge is 0.0546 e. The number of aliphatic hydroxyl groups is 2. The number of benzene rings is 1. The van der Waals surface area contributed by atoms with Crippen molar-refractivity contribution in [2.45, 2.75) is 83.2 Å². The van der Waals surface area contributed by atoms with Crippen LogP contribution in [-0.4, -0.2) is 22.9 Å². The molecule has 2 rings (SSSR count). The standard InChI is InChI=1S/C21H34O2/c1-4-13-21(2,3)18-10-7-17(8-11-18)20-15-19(23)12-9-16(20)6-5-14-22/h7-8,10-11,16,19-20,22-23H,4-6,9,12-15H2,1-3H3/t16-,19-,20-/m1/s1. The summed E-state index contributed by atoms with van der Waals surface area (Å²) in [6.45, 7) is 7.15. The molecule has 1 fully saturated rings. The van der Waals surface area contributed by atoms with E-state index in [9.17, 15) is 5.11 Å². The maximum atomic E-state index is 10.1. The number of hydrogen-bond donors (Lipinski definition) is 2. The first-order chi connectivity index (χ1) is 11.0. The van der Waals surface area contributed by atoms with Gasteiger partial charge in [0, 0.05) is 6.61 Å². The minimum Gasteiger partial charge on any atom is -0.396 e. The fraction of sp³-hybridized carbons (Fsp3) is 0.714. The summed E-state index contributed by atoms with van der Waals surface area (Å²) in [6.07, 6.45) is 7.04. The Morgan fingerprint density at radius 3 is 2.43 bits per heavy atom. The minimum atomic E-state index is -0.165. The topological polar surface area (TPSA) is 40.5 Å². The van der Waals surface area contributed by atoms with Crippen LogP contribution in [0.4, 0.5) is 0 Å². The number of aliphatic hydroxyl groups excluding tert-OH is 2. The molecular formula is C21H34O2. The van der Waals surface area contributed by atoms with Gasteiger partial charge in [-0.15, -0.1) is 0 Å².